The van der Waals surface area contributed by atoms with E-state index in [2.05, 4.69) is 24.0 Å². The van der Waals surface area contributed by atoms with E-state index < -0.39 is 9.84 Å². The highest BCUT2D eigenvalue weighted by molar-refractivity contribution is 7.90. The highest BCUT2D eigenvalue weighted by Crippen LogP contribution is 2.20. The number of rotatable bonds is 6. The molecular weight excluding hydrogens is 336 g/mol. The Balaban J connectivity index is 1.77. The molecule has 130 valence electrons. The van der Waals surface area contributed by atoms with Crippen molar-refractivity contribution in [3.63, 3.8) is 0 Å². The SMILES string of the molecule is CC(C)Cc1ccc(S(=O)(=O)Cc2nc(-c3ccccc3)no2)cc1. The maximum Gasteiger partial charge on any atom is 0.242 e. The Labute approximate surface area is 147 Å². The van der Waals surface area contributed by atoms with Crippen LogP contribution in [0, 0.1) is 5.92 Å². The van der Waals surface area contributed by atoms with Crippen LogP contribution in [0.3, 0.4) is 0 Å². The van der Waals surface area contributed by atoms with Crippen LogP contribution in [0.15, 0.2) is 64.0 Å². The lowest BCUT2D eigenvalue weighted by atomic mass is 10.0. The second-order valence-electron chi connectivity index (χ2n) is 6.38. The van der Waals surface area contributed by atoms with Gasteiger partial charge in [-0.05, 0) is 30.0 Å². The second-order valence-corrected chi connectivity index (χ2v) is 8.37. The molecule has 0 amide bonds. The minimum atomic E-state index is -3.52. The Morgan fingerprint density at radius 1 is 1.00 bits per heavy atom. The van der Waals surface area contributed by atoms with Crippen LogP contribution >= 0.6 is 0 Å². The number of nitrogens with zero attached hydrogens (tertiary/aromatic N) is 2. The third-order valence-electron chi connectivity index (χ3n) is 3.74. The lowest BCUT2D eigenvalue weighted by Crippen LogP contribution is -2.05. The van der Waals surface area contributed by atoms with Gasteiger partial charge in [-0.25, -0.2) is 8.42 Å². The lowest BCUT2D eigenvalue weighted by molar-refractivity contribution is 0.389. The molecule has 3 rings (SSSR count). The molecule has 2 aromatic carbocycles. The minimum absolute atomic E-state index is 0.0881. The summed E-state index contributed by atoms with van der Waals surface area (Å²) in [5.74, 6) is 0.691. The summed E-state index contributed by atoms with van der Waals surface area (Å²) in [6.45, 7) is 4.26. The van der Waals surface area contributed by atoms with E-state index in [9.17, 15) is 8.42 Å². The molecule has 1 heterocycles. The molecule has 25 heavy (non-hydrogen) atoms. The van der Waals surface area contributed by atoms with Gasteiger partial charge in [0.05, 0.1) is 4.90 Å². The van der Waals surface area contributed by atoms with Gasteiger partial charge in [-0.2, -0.15) is 4.98 Å². The molecule has 0 radical (unpaired) electrons. The first-order valence-corrected chi connectivity index (χ1v) is 9.79. The van der Waals surface area contributed by atoms with Crippen molar-refractivity contribution in [2.45, 2.75) is 30.9 Å². The fourth-order valence-corrected chi connectivity index (χ4v) is 3.73. The Bertz CT molecular complexity index is 930. The third-order valence-corrected chi connectivity index (χ3v) is 5.36. The number of hydrogen-bond donors (Lipinski definition) is 0. The fraction of sp³-hybridized carbons (Fsp3) is 0.263. The van der Waals surface area contributed by atoms with Crippen molar-refractivity contribution in [2.75, 3.05) is 0 Å². The summed E-state index contributed by atoms with van der Waals surface area (Å²) in [6.07, 6.45) is 0.921. The Morgan fingerprint density at radius 3 is 2.32 bits per heavy atom. The Morgan fingerprint density at radius 2 is 1.68 bits per heavy atom. The predicted molar refractivity (Wildman–Crippen MR) is 95.6 cm³/mol. The van der Waals surface area contributed by atoms with Crippen molar-refractivity contribution in [3.8, 4) is 11.4 Å². The van der Waals surface area contributed by atoms with Gasteiger partial charge in [0.2, 0.25) is 11.7 Å². The van der Waals surface area contributed by atoms with E-state index >= 15 is 0 Å². The molecule has 0 aliphatic rings. The molecule has 0 saturated carbocycles. The van der Waals surface area contributed by atoms with Gasteiger partial charge in [0.15, 0.2) is 9.84 Å². The molecule has 0 bridgehead atoms. The van der Waals surface area contributed by atoms with E-state index in [1.807, 2.05) is 42.5 Å². The molecule has 0 atom stereocenters. The highest BCUT2D eigenvalue weighted by Gasteiger charge is 2.20. The topological polar surface area (TPSA) is 73.1 Å². The number of hydrogen-bond acceptors (Lipinski definition) is 5. The summed E-state index contributed by atoms with van der Waals surface area (Å²) in [7, 11) is -3.52. The molecule has 1 aromatic heterocycles. The molecule has 0 saturated heterocycles. The standard InChI is InChI=1S/C19H20N2O3S/c1-14(2)12-15-8-10-17(11-9-15)25(22,23)13-18-20-19(21-24-18)16-6-4-3-5-7-16/h3-11,14H,12-13H2,1-2H3. The Hall–Kier alpha value is -2.47. The van der Waals surface area contributed by atoms with Crippen LogP contribution in [-0.4, -0.2) is 18.6 Å². The molecule has 0 aliphatic heterocycles. The first-order valence-electron chi connectivity index (χ1n) is 8.14. The predicted octanol–water partition coefficient (Wildman–Crippen LogP) is 3.91. The molecule has 0 fully saturated rings. The van der Waals surface area contributed by atoms with E-state index in [1.54, 1.807) is 12.1 Å². The van der Waals surface area contributed by atoms with Gasteiger partial charge in [-0.15, -0.1) is 0 Å². The van der Waals surface area contributed by atoms with Crippen LogP contribution in [0.4, 0.5) is 0 Å². The number of aromatic nitrogens is 2. The van der Waals surface area contributed by atoms with Gasteiger partial charge in [-0.1, -0.05) is 61.5 Å². The largest absolute Gasteiger partial charge is 0.338 e. The summed E-state index contributed by atoms with van der Waals surface area (Å²) in [5, 5.41) is 3.86. The van der Waals surface area contributed by atoms with Gasteiger partial charge in [0.25, 0.3) is 0 Å². The zero-order valence-corrected chi connectivity index (χ0v) is 15.0. The van der Waals surface area contributed by atoms with E-state index in [4.69, 9.17) is 4.52 Å². The van der Waals surface area contributed by atoms with Gasteiger partial charge >= 0.3 is 0 Å². The van der Waals surface area contributed by atoms with Gasteiger partial charge in [0, 0.05) is 5.56 Å². The van der Waals surface area contributed by atoms with E-state index in [-0.39, 0.29) is 16.5 Å². The van der Waals surface area contributed by atoms with Crippen molar-refractivity contribution in [3.05, 3.63) is 66.1 Å². The zero-order valence-electron chi connectivity index (χ0n) is 14.2. The summed E-state index contributed by atoms with van der Waals surface area (Å²) in [5.41, 5.74) is 1.91. The quantitative estimate of drug-likeness (QED) is 0.669. The number of sulfone groups is 1. The molecule has 0 spiro atoms. The summed E-state index contributed by atoms with van der Waals surface area (Å²) in [6, 6.07) is 16.3. The first-order chi connectivity index (χ1) is 11.9. The highest BCUT2D eigenvalue weighted by atomic mass is 32.2. The molecule has 5 nitrogen and oxygen atoms in total. The van der Waals surface area contributed by atoms with Crippen molar-refractivity contribution in [2.24, 2.45) is 5.92 Å². The molecule has 6 heteroatoms. The van der Waals surface area contributed by atoms with Gasteiger partial charge in [0.1, 0.15) is 5.75 Å². The van der Waals surface area contributed by atoms with Crippen molar-refractivity contribution in [1.82, 2.24) is 10.1 Å². The van der Waals surface area contributed by atoms with Crippen LogP contribution in [-0.2, 0) is 22.0 Å². The second kappa shape index (κ2) is 7.19. The maximum atomic E-state index is 12.6. The van der Waals surface area contributed by atoms with Crippen LogP contribution in [0.5, 0.6) is 0 Å². The smallest absolute Gasteiger partial charge is 0.242 e. The molecule has 0 unspecified atom stereocenters. The molecule has 3 aromatic rings. The van der Waals surface area contributed by atoms with E-state index in [1.165, 1.54) is 0 Å². The monoisotopic (exact) mass is 356 g/mol. The zero-order chi connectivity index (χ0) is 17.9. The lowest BCUT2D eigenvalue weighted by Gasteiger charge is -2.06. The van der Waals surface area contributed by atoms with Gasteiger partial charge in [-0.3, -0.25) is 0 Å². The summed E-state index contributed by atoms with van der Waals surface area (Å²) >= 11 is 0. The van der Waals surface area contributed by atoms with Crippen LogP contribution in [0.2, 0.25) is 0 Å². The van der Waals surface area contributed by atoms with Crippen LogP contribution < -0.4 is 0 Å². The normalized spacial score (nSPS) is 11.8. The fourth-order valence-electron chi connectivity index (χ4n) is 2.57. The maximum absolute atomic E-state index is 12.6. The molecular formula is C19H20N2O3S. The third kappa shape index (κ3) is 4.33. The summed E-state index contributed by atoms with van der Waals surface area (Å²) < 4.78 is 30.2. The van der Waals surface area contributed by atoms with Crippen LogP contribution in [0.25, 0.3) is 11.4 Å². The number of benzene rings is 2. The van der Waals surface area contributed by atoms with Crippen molar-refractivity contribution < 1.29 is 12.9 Å². The van der Waals surface area contributed by atoms with Crippen LogP contribution in [0.1, 0.15) is 25.3 Å². The van der Waals surface area contributed by atoms with Gasteiger partial charge < -0.3 is 4.52 Å². The Kier molecular flexibility index (Phi) is 4.99. The first kappa shape index (κ1) is 17.4. The van der Waals surface area contributed by atoms with Crippen molar-refractivity contribution >= 4 is 9.84 Å². The van der Waals surface area contributed by atoms with E-state index in [0.717, 1.165) is 17.5 Å². The van der Waals surface area contributed by atoms with Crippen molar-refractivity contribution in [1.29, 1.82) is 0 Å². The average Bonchev–Trinajstić information content (AvgIpc) is 3.03. The minimum Gasteiger partial charge on any atom is -0.338 e. The molecule has 0 N–H and O–H groups in total. The molecule has 0 aliphatic carbocycles. The summed E-state index contributed by atoms with van der Waals surface area (Å²) in [4.78, 5) is 4.45. The average molecular weight is 356 g/mol. The van der Waals surface area contributed by atoms with E-state index in [0.29, 0.717) is 11.7 Å².